The molecule has 144 valence electrons. The topological polar surface area (TPSA) is 47.6 Å². The van der Waals surface area contributed by atoms with Crippen LogP contribution in [0, 0.1) is 0 Å². The van der Waals surface area contributed by atoms with Crippen molar-refractivity contribution in [3.8, 4) is 11.5 Å². The van der Waals surface area contributed by atoms with Gasteiger partial charge in [0.1, 0.15) is 11.5 Å². The van der Waals surface area contributed by atoms with Crippen LogP contribution in [0.5, 0.6) is 11.5 Å². The number of hydrogen-bond donors (Lipinski definition) is 1. The van der Waals surface area contributed by atoms with E-state index in [9.17, 15) is 4.79 Å². The summed E-state index contributed by atoms with van der Waals surface area (Å²) in [6, 6.07) is 24.8. The first-order valence-electron chi connectivity index (χ1n) is 9.45. The van der Waals surface area contributed by atoms with Gasteiger partial charge in [-0.2, -0.15) is 0 Å². The molecule has 0 aliphatic heterocycles. The van der Waals surface area contributed by atoms with Crippen LogP contribution in [0.1, 0.15) is 29.8 Å². The minimum atomic E-state index is -0.185. The third-order valence-corrected chi connectivity index (χ3v) is 4.06. The Kier molecular flexibility index (Phi) is 6.68. The van der Waals surface area contributed by atoms with Gasteiger partial charge >= 0.3 is 0 Å². The van der Waals surface area contributed by atoms with Gasteiger partial charge in [-0.05, 0) is 49.7 Å². The van der Waals surface area contributed by atoms with Crippen molar-refractivity contribution in [2.45, 2.75) is 26.4 Å². The summed E-state index contributed by atoms with van der Waals surface area (Å²) in [6.07, 6.45) is 0.899. The molecule has 0 atom stereocenters. The number of benzene rings is 3. The second-order valence-corrected chi connectivity index (χ2v) is 6.76. The molecule has 3 rings (SSSR count). The fraction of sp³-hybridized carbons (Fsp3) is 0.208. The molecule has 3 aromatic rings. The average molecular weight is 375 g/mol. The lowest BCUT2D eigenvalue weighted by Crippen LogP contribution is -2.12. The summed E-state index contributed by atoms with van der Waals surface area (Å²) in [5.41, 5.74) is 2.46. The number of amides is 1. The van der Waals surface area contributed by atoms with E-state index < -0.39 is 0 Å². The minimum Gasteiger partial charge on any atom is -0.493 e. The van der Waals surface area contributed by atoms with E-state index in [1.165, 1.54) is 5.56 Å². The summed E-state index contributed by atoms with van der Waals surface area (Å²) in [6.45, 7) is 4.49. The summed E-state index contributed by atoms with van der Waals surface area (Å²) in [5.74, 6) is 1.22. The Labute approximate surface area is 166 Å². The van der Waals surface area contributed by atoms with Gasteiger partial charge < -0.3 is 14.8 Å². The van der Waals surface area contributed by atoms with Crippen LogP contribution in [0.15, 0.2) is 78.9 Å². The lowest BCUT2D eigenvalue weighted by Gasteiger charge is -2.12. The van der Waals surface area contributed by atoms with E-state index in [4.69, 9.17) is 9.47 Å². The Morgan fingerprint density at radius 2 is 1.64 bits per heavy atom. The van der Waals surface area contributed by atoms with Crippen molar-refractivity contribution < 1.29 is 14.3 Å². The molecule has 0 bridgehead atoms. The second-order valence-electron chi connectivity index (χ2n) is 6.76. The lowest BCUT2D eigenvalue weighted by molar-refractivity contribution is 0.102. The van der Waals surface area contributed by atoms with Gasteiger partial charge in [0.15, 0.2) is 0 Å². The SMILES string of the molecule is CC(C)Oc1cccc(NC(=O)c2cccc(OCCc3ccccc3)c2)c1. The van der Waals surface area contributed by atoms with Crippen molar-refractivity contribution in [3.05, 3.63) is 90.0 Å². The zero-order valence-electron chi connectivity index (χ0n) is 16.2. The molecule has 0 radical (unpaired) electrons. The zero-order chi connectivity index (χ0) is 19.8. The fourth-order valence-corrected chi connectivity index (χ4v) is 2.78. The molecule has 0 aromatic heterocycles. The van der Waals surface area contributed by atoms with Gasteiger partial charge in [0.05, 0.1) is 12.7 Å². The Morgan fingerprint density at radius 3 is 2.43 bits per heavy atom. The monoisotopic (exact) mass is 375 g/mol. The predicted molar refractivity (Wildman–Crippen MR) is 112 cm³/mol. The van der Waals surface area contributed by atoms with Gasteiger partial charge in [-0.15, -0.1) is 0 Å². The van der Waals surface area contributed by atoms with Crippen LogP contribution in [0.2, 0.25) is 0 Å². The smallest absolute Gasteiger partial charge is 0.255 e. The van der Waals surface area contributed by atoms with Gasteiger partial charge in [-0.25, -0.2) is 0 Å². The van der Waals surface area contributed by atoms with Crippen molar-refractivity contribution in [2.75, 3.05) is 11.9 Å². The molecule has 4 heteroatoms. The highest BCUT2D eigenvalue weighted by molar-refractivity contribution is 6.04. The second kappa shape index (κ2) is 9.60. The van der Waals surface area contributed by atoms with Crippen molar-refractivity contribution >= 4 is 11.6 Å². The molecule has 4 nitrogen and oxygen atoms in total. The zero-order valence-corrected chi connectivity index (χ0v) is 16.2. The number of carbonyl (C=O) groups excluding carboxylic acids is 1. The van der Waals surface area contributed by atoms with Crippen molar-refractivity contribution in [1.82, 2.24) is 0 Å². The molecular formula is C24H25NO3. The van der Waals surface area contributed by atoms with Crippen LogP contribution >= 0.6 is 0 Å². The highest BCUT2D eigenvalue weighted by Gasteiger charge is 2.08. The van der Waals surface area contributed by atoms with E-state index in [1.54, 1.807) is 12.1 Å². The van der Waals surface area contributed by atoms with E-state index in [0.717, 1.165) is 12.2 Å². The minimum absolute atomic E-state index is 0.0793. The largest absolute Gasteiger partial charge is 0.493 e. The number of anilines is 1. The molecule has 3 aromatic carbocycles. The summed E-state index contributed by atoms with van der Waals surface area (Å²) >= 11 is 0. The molecule has 1 N–H and O–H groups in total. The van der Waals surface area contributed by atoms with Crippen molar-refractivity contribution in [2.24, 2.45) is 0 Å². The maximum atomic E-state index is 12.6. The highest BCUT2D eigenvalue weighted by atomic mass is 16.5. The number of ether oxygens (including phenoxy) is 2. The molecule has 0 fully saturated rings. The Bertz CT molecular complexity index is 906. The van der Waals surface area contributed by atoms with Crippen LogP contribution in [0.4, 0.5) is 5.69 Å². The van der Waals surface area contributed by atoms with Crippen LogP contribution in [0.25, 0.3) is 0 Å². The van der Waals surface area contributed by atoms with E-state index in [1.807, 2.05) is 68.4 Å². The summed E-state index contributed by atoms with van der Waals surface area (Å²) in [5, 5.41) is 2.91. The summed E-state index contributed by atoms with van der Waals surface area (Å²) in [7, 11) is 0. The summed E-state index contributed by atoms with van der Waals surface area (Å²) < 4.78 is 11.5. The third kappa shape index (κ3) is 5.88. The van der Waals surface area contributed by atoms with Gasteiger partial charge in [0.25, 0.3) is 5.91 Å². The standard InChI is InChI=1S/C24H25NO3/c1-18(2)28-23-13-7-11-21(17-23)25-24(26)20-10-6-12-22(16-20)27-15-14-19-8-4-3-5-9-19/h3-13,16-18H,14-15H2,1-2H3,(H,25,26). The highest BCUT2D eigenvalue weighted by Crippen LogP contribution is 2.20. The number of hydrogen-bond acceptors (Lipinski definition) is 3. The molecule has 0 saturated heterocycles. The molecule has 0 heterocycles. The first-order valence-corrected chi connectivity index (χ1v) is 9.45. The number of carbonyl (C=O) groups is 1. The Morgan fingerprint density at radius 1 is 0.893 bits per heavy atom. The van der Waals surface area contributed by atoms with E-state index in [2.05, 4.69) is 17.4 Å². The first-order chi connectivity index (χ1) is 13.6. The van der Waals surface area contributed by atoms with Crippen LogP contribution in [-0.4, -0.2) is 18.6 Å². The fourth-order valence-electron chi connectivity index (χ4n) is 2.78. The van der Waals surface area contributed by atoms with Gasteiger partial charge in [-0.3, -0.25) is 4.79 Å². The summed E-state index contributed by atoms with van der Waals surface area (Å²) in [4.78, 5) is 12.6. The van der Waals surface area contributed by atoms with Crippen LogP contribution in [0.3, 0.4) is 0 Å². The third-order valence-electron chi connectivity index (χ3n) is 4.06. The number of nitrogens with one attached hydrogen (secondary N) is 1. The Balaban J connectivity index is 1.59. The first kappa shape index (κ1) is 19.5. The lowest BCUT2D eigenvalue weighted by atomic mass is 10.1. The molecule has 0 saturated carbocycles. The Hall–Kier alpha value is -3.27. The molecule has 0 unspecified atom stereocenters. The molecule has 0 spiro atoms. The van der Waals surface area contributed by atoms with Gasteiger partial charge in [0, 0.05) is 23.7 Å². The molecular weight excluding hydrogens is 350 g/mol. The van der Waals surface area contributed by atoms with E-state index >= 15 is 0 Å². The molecule has 28 heavy (non-hydrogen) atoms. The predicted octanol–water partition coefficient (Wildman–Crippen LogP) is 5.35. The van der Waals surface area contributed by atoms with E-state index in [-0.39, 0.29) is 12.0 Å². The van der Waals surface area contributed by atoms with Crippen LogP contribution < -0.4 is 14.8 Å². The quantitative estimate of drug-likeness (QED) is 0.577. The maximum Gasteiger partial charge on any atom is 0.255 e. The van der Waals surface area contributed by atoms with Gasteiger partial charge in [0.2, 0.25) is 0 Å². The van der Waals surface area contributed by atoms with Crippen LogP contribution in [-0.2, 0) is 6.42 Å². The van der Waals surface area contributed by atoms with Crippen molar-refractivity contribution in [3.63, 3.8) is 0 Å². The number of rotatable bonds is 8. The molecule has 0 aliphatic rings. The maximum absolute atomic E-state index is 12.6. The van der Waals surface area contributed by atoms with E-state index in [0.29, 0.717) is 23.6 Å². The average Bonchev–Trinajstić information content (AvgIpc) is 2.69. The van der Waals surface area contributed by atoms with Gasteiger partial charge in [-0.1, -0.05) is 42.5 Å². The molecule has 0 aliphatic carbocycles. The van der Waals surface area contributed by atoms with Crippen molar-refractivity contribution in [1.29, 1.82) is 0 Å². The normalized spacial score (nSPS) is 10.5. The molecule has 1 amide bonds.